The maximum absolute atomic E-state index is 8.60. The van der Waals surface area contributed by atoms with Gasteiger partial charge in [0.25, 0.3) is 0 Å². The van der Waals surface area contributed by atoms with E-state index in [1.165, 1.54) is 0 Å². The van der Waals surface area contributed by atoms with Crippen molar-refractivity contribution in [3.63, 3.8) is 0 Å². The van der Waals surface area contributed by atoms with Crippen molar-refractivity contribution in [1.82, 2.24) is 0 Å². The fourth-order valence-corrected chi connectivity index (χ4v) is 1.36. The molecule has 0 aliphatic rings. The number of benzene rings is 1. The highest BCUT2D eigenvalue weighted by atomic mass is 16.5. The van der Waals surface area contributed by atoms with Crippen molar-refractivity contribution < 1.29 is 14.6 Å². The van der Waals surface area contributed by atoms with Crippen molar-refractivity contribution in [2.24, 2.45) is 5.92 Å². The zero-order valence-corrected chi connectivity index (χ0v) is 11.8. The van der Waals surface area contributed by atoms with E-state index in [9.17, 15) is 0 Å². The Kier molecular flexibility index (Phi) is 7.02. The van der Waals surface area contributed by atoms with Crippen molar-refractivity contribution in [1.29, 1.82) is 0 Å². The van der Waals surface area contributed by atoms with Crippen LogP contribution in [0.15, 0.2) is 24.3 Å². The first kappa shape index (κ1) is 15.6. The van der Waals surface area contributed by atoms with Crippen LogP contribution in [0.5, 0.6) is 5.75 Å². The van der Waals surface area contributed by atoms with E-state index in [-0.39, 0.29) is 12.7 Å². The molecule has 1 aromatic carbocycles. The second kappa shape index (κ2) is 8.58. The Morgan fingerprint density at radius 2 is 1.79 bits per heavy atom. The Morgan fingerprint density at radius 1 is 1.11 bits per heavy atom. The molecule has 0 spiro atoms. The van der Waals surface area contributed by atoms with Crippen molar-refractivity contribution >= 4 is 0 Å². The van der Waals surface area contributed by atoms with Gasteiger partial charge >= 0.3 is 0 Å². The van der Waals surface area contributed by atoms with Gasteiger partial charge in [0.15, 0.2) is 0 Å². The van der Waals surface area contributed by atoms with Gasteiger partial charge in [-0.05, 0) is 37.1 Å². The van der Waals surface area contributed by atoms with Crippen molar-refractivity contribution in [3.8, 4) is 17.6 Å². The number of aliphatic hydroxyl groups excluding tert-OH is 1. The summed E-state index contributed by atoms with van der Waals surface area (Å²) in [5, 5.41) is 8.60. The van der Waals surface area contributed by atoms with Crippen LogP contribution in [0, 0.1) is 17.8 Å². The van der Waals surface area contributed by atoms with Crippen LogP contribution in [0.3, 0.4) is 0 Å². The maximum Gasteiger partial charge on any atom is 0.119 e. The number of hydrogen-bond acceptors (Lipinski definition) is 3. The lowest BCUT2D eigenvalue weighted by Gasteiger charge is -2.16. The molecule has 0 aliphatic heterocycles. The van der Waals surface area contributed by atoms with Gasteiger partial charge in [0.05, 0.1) is 12.7 Å². The number of ether oxygens (including phenoxy) is 2. The highest BCUT2D eigenvalue weighted by Gasteiger charge is 2.06. The molecule has 0 aliphatic carbocycles. The topological polar surface area (TPSA) is 38.7 Å². The highest BCUT2D eigenvalue weighted by Crippen LogP contribution is 2.11. The van der Waals surface area contributed by atoms with Gasteiger partial charge in [-0.1, -0.05) is 25.7 Å². The van der Waals surface area contributed by atoms with Crippen LogP contribution in [-0.4, -0.2) is 31.0 Å². The summed E-state index contributed by atoms with van der Waals surface area (Å²) in [6.45, 7) is 7.35. The minimum atomic E-state index is -0.121. The monoisotopic (exact) mass is 262 g/mol. The summed E-state index contributed by atoms with van der Waals surface area (Å²) in [5.74, 6) is 6.76. The Labute approximate surface area is 115 Å². The molecule has 3 nitrogen and oxygen atoms in total. The van der Waals surface area contributed by atoms with E-state index in [0.29, 0.717) is 19.1 Å². The van der Waals surface area contributed by atoms with Gasteiger partial charge in [0, 0.05) is 5.56 Å². The minimum absolute atomic E-state index is 0.121. The van der Waals surface area contributed by atoms with Gasteiger partial charge in [-0.25, -0.2) is 0 Å². The first-order valence-electron chi connectivity index (χ1n) is 6.57. The lowest BCUT2D eigenvalue weighted by atomic mass is 10.1. The van der Waals surface area contributed by atoms with Crippen LogP contribution in [-0.2, 0) is 4.74 Å². The summed E-state index contributed by atoms with van der Waals surface area (Å²) in [6.07, 6.45) is 0.250. The number of hydrogen-bond donors (Lipinski definition) is 1. The third-order valence-electron chi connectivity index (χ3n) is 2.84. The molecule has 1 N–H and O–H groups in total. The molecule has 0 radical (unpaired) electrons. The summed E-state index contributed by atoms with van der Waals surface area (Å²) >= 11 is 0. The highest BCUT2D eigenvalue weighted by molar-refractivity contribution is 5.38. The Morgan fingerprint density at radius 3 is 2.37 bits per heavy atom. The average Bonchev–Trinajstić information content (AvgIpc) is 2.42. The number of aliphatic hydroxyl groups is 1. The van der Waals surface area contributed by atoms with Gasteiger partial charge < -0.3 is 14.6 Å². The van der Waals surface area contributed by atoms with Crippen LogP contribution in [0.25, 0.3) is 0 Å². The SMILES string of the molecule is CC(C)C(C)OCCOc1ccc(C#CCO)cc1. The molecule has 1 aromatic rings. The zero-order chi connectivity index (χ0) is 14.1. The quantitative estimate of drug-likeness (QED) is 0.632. The van der Waals surface area contributed by atoms with Gasteiger partial charge in [-0.3, -0.25) is 0 Å². The Hall–Kier alpha value is -1.50. The molecule has 1 atom stereocenters. The summed E-state index contributed by atoms with van der Waals surface area (Å²) in [6, 6.07) is 7.48. The van der Waals surface area contributed by atoms with Crippen LogP contribution >= 0.6 is 0 Å². The molecule has 0 amide bonds. The fraction of sp³-hybridized carbons (Fsp3) is 0.500. The summed E-state index contributed by atoms with van der Waals surface area (Å²) in [4.78, 5) is 0. The van der Waals surface area contributed by atoms with Crippen LogP contribution in [0.2, 0.25) is 0 Å². The van der Waals surface area contributed by atoms with Crippen LogP contribution < -0.4 is 4.74 Å². The van der Waals surface area contributed by atoms with E-state index in [1.807, 2.05) is 24.3 Å². The lowest BCUT2D eigenvalue weighted by Crippen LogP contribution is -2.19. The molecule has 0 heterocycles. The molecule has 104 valence electrons. The molecule has 1 unspecified atom stereocenters. The van der Waals surface area contributed by atoms with Gasteiger partial charge in [0.1, 0.15) is 19.0 Å². The smallest absolute Gasteiger partial charge is 0.119 e. The summed E-state index contributed by atoms with van der Waals surface area (Å²) in [5.41, 5.74) is 0.867. The predicted molar refractivity (Wildman–Crippen MR) is 76.2 cm³/mol. The molecule has 0 saturated heterocycles. The van der Waals surface area contributed by atoms with Crippen molar-refractivity contribution in [3.05, 3.63) is 29.8 Å². The Bertz CT molecular complexity index is 412. The van der Waals surface area contributed by atoms with E-state index in [2.05, 4.69) is 32.6 Å². The number of rotatable bonds is 6. The normalized spacial score (nSPS) is 11.8. The Balaban J connectivity index is 2.30. The molecule has 3 heteroatoms. The molecular formula is C16H22O3. The zero-order valence-electron chi connectivity index (χ0n) is 11.8. The van der Waals surface area contributed by atoms with E-state index < -0.39 is 0 Å². The third kappa shape index (κ3) is 6.28. The average molecular weight is 262 g/mol. The van der Waals surface area contributed by atoms with E-state index in [4.69, 9.17) is 14.6 Å². The third-order valence-corrected chi connectivity index (χ3v) is 2.84. The standard InChI is InChI=1S/C16H22O3/c1-13(2)14(3)18-11-12-19-16-8-6-15(7-9-16)5-4-10-17/h6-9,13-14,17H,10-12H2,1-3H3. The van der Waals surface area contributed by atoms with Crippen LogP contribution in [0.1, 0.15) is 26.3 Å². The second-order valence-electron chi connectivity index (χ2n) is 4.65. The van der Waals surface area contributed by atoms with Crippen molar-refractivity contribution in [2.45, 2.75) is 26.9 Å². The van der Waals surface area contributed by atoms with Gasteiger partial charge in [-0.15, -0.1) is 0 Å². The van der Waals surface area contributed by atoms with Crippen molar-refractivity contribution in [2.75, 3.05) is 19.8 Å². The largest absolute Gasteiger partial charge is 0.491 e. The molecular weight excluding hydrogens is 240 g/mol. The summed E-state index contributed by atoms with van der Waals surface area (Å²) < 4.78 is 11.2. The maximum atomic E-state index is 8.60. The van der Waals surface area contributed by atoms with Gasteiger partial charge in [-0.2, -0.15) is 0 Å². The predicted octanol–water partition coefficient (Wildman–Crippen LogP) is 2.47. The van der Waals surface area contributed by atoms with E-state index in [1.54, 1.807) is 0 Å². The first-order valence-corrected chi connectivity index (χ1v) is 6.57. The van der Waals surface area contributed by atoms with E-state index in [0.717, 1.165) is 11.3 Å². The molecule has 0 aromatic heterocycles. The fourth-order valence-electron chi connectivity index (χ4n) is 1.36. The molecule has 0 saturated carbocycles. The molecule has 19 heavy (non-hydrogen) atoms. The molecule has 0 bridgehead atoms. The molecule has 1 rings (SSSR count). The minimum Gasteiger partial charge on any atom is -0.491 e. The van der Waals surface area contributed by atoms with Crippen LogP contribution in [0.4, 0.5) is 0 Å². The first-order chi connectivity index (χ1) is 9.13. The second-order valence-corrected chi connectivity index (χ2v) is 4.65. The van der Waals surface area contributed by atoms with E-state index >= 15 is 0 Å². The summed E-state index contributed by atoms with van der Waals surface area (Å²) in [7, 11) is 0. The van der Waals surface area contributed by atoms with Gasteiger partial charge in [0.2, 0.25) is 0 Å². The lowest BCUT2D eigenvalue weighted by molar-refractivity contribution is 0.0188. The molecule has 0 fully saturated rings.